The van der Waals surface area contributed by atoms with E-state index >= 15 is 0 Å². The van der Waals surface area contributed by atoms with Crippen molar-refractivity contribution in [1.82, 2.24) is 9.62 Å². The fourth-order valence-electron chi connectivity index (χ4n) is 5.77. The molecule has 0 bridgehead atoms. The number of nitrogens with zero attached hydrogens (tertiary/aromatic N) is 1. The molecule has 0 spiro atoms. The number of nitrogens with one attached hydrogen (secondary N) is 1. The zero-order valence-corrected chi connectivity index (χ0v) is 27.4. The normalized spacial score (nSPS) is 21.4. The minimum atomic E-state index is -4.08. The molecule has 47 heavy (non-hydrogen) atoms. The summed E-state index contributed by atoms with van der Waals surface area (Å²) in [7, 11) is -4.08. The number of hydrogen-bond acceptors (Lipinski definition) is 11. The van der Waals surface area contributed by atoms with Gasteiger partial charge in [0.2, 0.25) is 22.7 Å². The van der Waals surface area contributed by atoms with Crippen molar-refractivity contribution in [2.24, 2.45) is 17.6 Å². The van der Waals surface area contributed by atoms with Crippen LogP contribution in [0.25, 0.3) is 0 Å². The molecule has 0 aliphatic carbocycles. The van der Waals surface area contributed by atoms with Crippen LogP contribution in [0.5, 0.6) is 17.2 Å². The highest BCUT2D eigenvalue weighted by molar-refractivity contribution is 7.89. The first-order valence-corrected chi connectivity index (χ1v) is 17.2. The molecule has 3 aliphatic heterocycles. The molecule has 3 heterocycles. The van der Waals surface area contributed by atoms with E-state index in [9.17, 15) is 23.1 Å². The van der Waals surface area contributed by atoms with Crippen LogP contribution in [0.15, 0.2) is 47.4 Å². The maximum absolute atomic E-state index is 13.9. The van der Waals surface area contributed by atoms with Gasteiger partial charge < -0.3 is 44.6 Å². The lowest BCUT2D eigenvalue weighted by atomic mass is 10.0. The molecule has 4 N–H and O–H groups in total. The highest BCUT2D eigenvalue weighted by atomic mass is 32.2. The third-order valence-corrected chi connectivity index (χ3v) is 10.00. The molecule has 258 valence electrons. The molecule has 2 fully saturated rings. The summed E-state index contributed by atoms with van der Waals surface area (Å²) in [5.41, 5.74) is 5.93. The van der Waals surface area contributed by atoms with Gasteiger partial charge >= 0.3 is 6.09 Å². The van der Waals surface area contributed by atoms with E-state index in [2.05, 4.69) is 5.32 Å². The van der Waals surface area contributed by atoms with Crippen molar-refractivity contribution in [3.63, 3.8) is 0 Å². The standard InChI is InChI=1S/C32H43N3O11S/c1-20(2)16-35(47(39,40)23-9-10-27-28(15-23)45-19-44-27)17-26(36)25(34-32(38)46-29-18-43-31-24(29)11-13-42-31)14-21-5-7-22(8-6-21)41-12-3-4-30(33)37/h5-10,15,20,24-26,29,31,36H,3-4,11-14,16-19H2,1-2H3,(H2,33,37)(H,34,38)/t24-,25-,26+,29-,31+/m0/s1. The van der Waals surface area contributed by atoms with Gasteiger partial charge in [0, 0.05) is 25.6 Å². The van der Waals surface area contributed by atoms with Crippen molar-refractivity contribution in [3.8, 4) is 17.2 Å². The lowest BCUT2D eigenvalue weighted by Crippen LogP contribution is -2.51. The second kappa shape index (κ2) is 15.5. The Morgan fingerprint density at radius 2 is 1.85 bits per heavy atom. The second-order valence-electron chi connectivity index (χ2n) is 12.3. The molecule has 2 aromatic carbocycles. The van der Waals surface area contributed by atoms with Crippen molar-refractivity contribution >= 4 is 22.0 Å². The number of aliphatic hydroxyl groups excluding tert-OH is 1. The maximum Gasteiger partial charge on any atom is 0.407 e. The van der Waals surface area contributed by atoms with Crippen LogP contribution < -0.4 is 25.3 Å². The Balaban J connectivity index is 1.31. The number of rotatable bonds is 16. The van der Waals surface area contributed by atoms with Gasteiger partial charge in [-0.15, -0.1) is 0 Å². The SMILES string of the molecule is CC(C)CN(C[C@@H](O)[C@H](Cc1ccc(OCCCC(N)=O)cc1)NC(=O)O[C@H]1CO[C@H]2OCC[C@H]21)S(=O)(=O)c1ccc2c(c1)OCO2. The van der Waals surface area contributed by atoms with Gasteiger partial charge in [0.1, 0.15) is 11.9 Å². The molecule has 0 unspecified atom stereocenters. The highest BCUT2D eigenvalue weighted by Gasteiger charge is 2.44. The summed E-state index contributed by atoms with van der Waals surface area (Å²) in [5, 5.41) is 14.4. The molecule has 5 rings (SSSR count). The van der Waals surface area contributed by atoms with Gasteiger partial charge in [0.25, 0.3) is 0 Å². The number of alkyl carbamates (subject to hydrolysis) is 1. The van der Waals surface area contributed by atoms with E-state index in [1.54, 1.807) is 24.3 Å². The zero-order chi connectivity index (χ0) is 33.6. The Kier molecular flexibility index (Phi) is 11.5. The largest absolute Gasteiger partial charge is 0.494 e. The van der Waals surface area contributed by atoms with Gasteiger partial charge in [-0.05, 0) is 55.0 Å². The minimum absolute atomic E-state index is 0.000457. The average Bonchev–Trinajstić information content (AvgIpc) is 3.78. The minimum Gasteiger partial charge on any atom is -0.494 e. The van der Waals surface area contributed by atoms with Crippen molar-refractivity contribution in [1.29, 1.82) is 0 Å². The Hall–Kier alpha value is -3.63. The summed E-state index contributed by atoms with van der Waals surface area (Å²) < 4.78 is 62.2. The molecule has 2 aromatic rings. The Labute approximate surface area is 274 Å². The van der Waals surface area contributed by atoms with Crippen LogP contribution in [0.4, 0.5) is 4.79 Å². The number of carbonyl (C=O) groups excluding carboxylic acids is 2. The Bertz CT molecular complexity index is 1490. The van der Waals surface area contributed by atoms with Crippen molar-refractivity contribution in [2.75, 3.05) is 39.7 Å². The first kappa shape index (κ1) is 34.7. The third kappa shape index (κ3) is 9.05. The lowest BCUT2D eigenvalue weighted by molar-refractivity contribution is -0.118. The predicted molar refractivity (Wildman–Crippen MR) is 167 cm³/mol. The van der Waals surface area contributed by atoms with E-state index in [0.29, 0.717) is 43.3 Å². The molecule has 2 amide bonds. The van der Waals surface area contributed by atoms with E-state index in [4.69, 9.17) is 34.2 Å². The molecule has 2 saturated heterocycles. The number of aliphatic hydroxyl groups is 1. The van der Waals surface area contributed by atoms with E-state index < -0.39 is 46.6 Å². The van der Waals surface area contributed by atoms with Crippen LogP contribution in [-0.4, -0.2) is 94.1 Å². The number of benzene rings is 2. The fraction of sp³-hybridized carbons (Fsp3) is 0.562. The summed E-state index contributed by atoms with van der Waals surface area (Å²) in [4.78, 5) is 24.2. The number of sulfonamides is 1. The smallest absolute Gasteiger partial charge is 0.407 e. The van der Waals surface area contributed by atoms with Gasteiger partial charge in [-0.2, -0.15) is 4.31 Å². The summed E-state index contributed by atoms with van der Waals surface area (Å²) in [6.45, 7) is 4.62. The van der Waals surface area contributed by atoms with Crippen molar-refractivity contribution in [3.05, 3.63) is 48.0 Å². The molecule has 3 aliphatic rings. The highest BCUT2D eigenvalue weighted by Crippen LogP contribution is 2.35. The fourth-order valence-corrected chi connectivity index (χ4v) is 7.40. The molecule has 14 nitrogen and oxygen atoms in total. The number of carbonyl (C=O) groups is 2. The van der Waals surface area contributed by atoms with Gasteiger partial charge in [-0.3, -0.25) is 4.79 Å². The summed E-state index contributed by atoms with van der Waals surface area (Å²) in [6.07, 6.45) is -1.41. The first-order chi connectivity index (χ1) is 22.5. The van der Waals surface area contributed by atoms with Crippen LogP contribution in [0.2, 0.25) is 0 Å². The number of amides is 2. The number of fused-ring (bicyclic) bond motifs is 2. The zero-order valence-electron chi connectivity index (χ0n) is 26.5. The third-order valence-electron chi connectivity index (χ3n) is 8.17. The van der Waals surface area contributed by atoms with Crippen molar-refractivity contribution < 1.29 is 51.5 Å². The van der Waals surface area contributed by atoms with Gasteiger partial charge in [-0.1, -0.05) is 26.0 Å². The predicted octanol–water partition coefficient (Wildman–Crippen LogP) is 2.17. The quantitative estimate of drug-likeness (QED) is 0.221. The van der Waals surface area contributed by atoms with Gasteiger partial charge in [-0.25, -0.2) is 13.2 Å². The maximum atomic E-state index is 13.9. The molecule has 15 heteroatoms. The number of primary amides is 1. The second-order valence-corrected chi connectivity index (χ2v) is 14.2. The first-order valence-electron chi connectivity index (χ1n) is 15.8. The van der Waals surface area contributed by atoms with E-state index in [1.165, 1.54) is 22.5 Å². The average molecular weight is 678 g/mol. The van der Waals surface area contributed by atoms with Crippen LogP contribution >= 0.6 is 0 Å². The monoisotopic (exact) mass is 677 g/mol. The molecule has 5 atom stereocenters. The van der Waals surface area contributed by atoms with Gasteiger partial charge in [0.05, 0.1) is 42.8 Å². The number of nitrogens with two attached hydrogens (primary N) is 1. The van der Waals surface area contributed by atoms with E-state index in [-0.39, 0.29) is 56.1 Å². The Morgan fingerprint density at radius 1 is 1.09 bits per heavy atom. The van der Waals surface area contributed by atoms with Crippen molar-refractivity contribution in [2.45, 2.75) is 69.0 Å². The molecular formula is C32H43N3O11S. The van der Waals surface area contributed by atoms with Crippen LogP contribution in [0.1, 0.15) is 38.7 Å². The van der Waals surface area contributed by atoms with Crippen LogP contribution in [0.3, 0.4) is 0 Å². The molecular weight excluding hydrogens is 634 g/mol. The Morgan fingerprint density at radius 3 is 2.60 bits per heavy atom. The van der Waals surface area contributed by atoms with E-state index in [1.807, 2.05) is 13.8 Å². The summed E-state index contributed by atoms with van der Waals surface area (Å²) in [5.74, 6) is 0.814. The summed E-state index contributed by atoms with van der Waals surface area (Å²) >= 11 is 0. The number of hydrogen-bond donors (Lipinski definition) is 3. The lowest BCUT2D eigenvalue weighted by Gasteiger charge is -2.31. The summed E-state index contributed by atoms with van der Waals surface area (Å²) in [6, 6.07) is 10.5. The van der Waals surface area contributed by atoms with E-state index in [0.717, 1.165) is 5.56 Å². The van der Waals surface area contributed by atoms with Crippen LogP contribution in [-0.2, 0) is 35.4 Å². The van der Waals surface area contributed by atoms with Gasteiger partial charge in [0.15, 0.2) is 17.8 Å². The molecule has 0 saturated carbocycles. The molecule has 0 radical (unpaired) electrons. The topological polar surface area (TPSA) is 185 Å². The van der Waals surface area contributed by atoms with Crippen LogP contribution in [0, 0.1) is 11.8 Å². The number of ether oxygens (including phenoxy) is 6. The molecule has 0 aromatic heterocycles.